The van der Waals surface area contributed by atoms with Gasteiger partial charge >= 0.3 is 5.97 Å². The lowest BCUT2D eigenvalue weighted by Crippen LogP contribution is -1.98. The van der Waals surface area contributed by atoms with E-state index < -0.39 is 5.97 Å². The van der Waals surface area contributed by atoms with Gasteiger partial charge in [0, 0.05) is 17.7 Å². The van der Waals surface area contributed by atoms with Crippen LogP contribution in [0.25, 0.3) is 17.2 Å². The molecule has 0 bridgehead atoms. The Morgan fingerprint density at radius 3 is 2.57 bits per heavy atom. The van der Waals surface area contributed by atoms with E-state index in [9.17, 15) is 15.0 Å². The Bertz CT molecular complexity index is 660. The van der Waals surface area contributed by atoms with Crippen LogP contribution in [0.5, 0.6) is 11.5 Å². The molecule has 0 aliphatic rings. The van der Waals surface area contributed by atoms with Gasteiger partial charge in [-0.25, -0.2) is 4.79 Å². The number of aromatic hydroxyl groups is 2. The molecule has 4 heteroatoms. The van der Waals surface area contributed by atoms with Crippen molar-refractivity contribution < 1.29 is 19.7 Å². The van der Waals surface area contributed by atoms with Gasteiger partial charge in [-0.3, -0.25) is 0 Å². The first-order valence-electron chi connectivity index (χ1n) is 6.58. The van der Waals surface area contributed by atoms with E-state index in [4.69, 9.17) is 4.74 Å². The van der Waals surface area contributed by atoms with Crippen LogP contribution < -0.4 is 0 Å². The minimum atomic E-state index is -0.482. The molecule has 2 N–H and O–H groups in total. The first-order valence-corrected chi connectivity index (χ1v) is 6.58. The number of phenolic OH excluding ortho intramolecular Hbond substituents is 2. The van der Waals surface area contributed by atoms with Crippen molar-refractivity contribution in [3.8, 4) is 22.6 Å². The van der Waals surface area contributed by atoms with Crippen molar-refractivity contribution in [2.24, 2.45) is 0 Å². The minimum Gasteiger partial charge on any atom is -0.508 e. The molecule has 0 aliphatic carbocycles. The van der Waals surface area contributed by atoms with Crippen molar-refractivity contribution in [3.05, 3.63) is 54.1 Å². The van der Waals surface area contributed by atoms with Gasteiger partial charge in [-0.15, -0.1) is 0 Å². The fourth-order valence-corrected chi connectivity index (χ4v) is 2.00. The maximum atomic E-state index is 11.4. The zero-order chi connectivity index (χ0) is 15.2. The molecule has 21 heavy (non-hydrogen) atoms. The van der Waals surface area contributed by atoms with Gasteiger partial charge in [0.05, 0.1) is 6.61 Å². The highest BCUT2D eigenvalue weighted by Crippen LogP contribution is 2.35. The monoisotopic (exact) mass is 284 g/mol. The molecule has 0 unspecified atom stereocenters. The van der Waals surface area contributed by atoms with Crippen LogP contribution in [-0.2, 0) is 9.53 Å². The number of rotatable bonds is 4. The lowest BCUT2D eigenvalue weighted by molar-refractivity contribution is -0.137. The fraction of sp³-hybridized carbons (Fsp3) is 0.118. The van der Waals surface area contributed by atoms with Gasteiger partial charge < -0.3 is 14.9 Å². The SMILES string of the molecule is CCOC(=O)/C=C/c1c(O)cc(O)cc1-c1ccccc1. The third kappa shape index (κ3) is 3.63. The standard InChI is InChI=1S/C17H16O4/c1-2-21-17(20)9-8-14-15(10-13(18)11-16(14)19)12-6-4-3-5-7-12/h3-11,18-19H,2H2,1H3/b9-8+. The van der Waals surface area contributed by atoms with Gasteiger partial charge in [0.1, 0.15) is 11.5 Å². The second-order valence-electron chi connectivity index (χ2n) is 4.38. The number of esters is 1. The lowest BCUT2D eigenvalue weighted by atomic mass is 9.98. The van der Waals surface area contributed by atoms with Crippen LogP contribution in [-0.4, -0.2) is 22.8 Å². The van der Waals surface area contributed by atoms with Crippen LogP contribution in [0.2, 0.25) is 0 Å². The highest BCUT2D eigenvalue weighted by molar-refractivity contribution is 5.90. The summed E-state index contributed by atoms with van der Waals surface area (Å²) in [5.74, 6) is -0.627. The van der Waals surface area contributed by atoms with Crippen molar-refractivity contribution in [1.82, 2.24) is 0 Å². The van der Waals surface area contributed by atoms with E-state index >= 15 is 0 Å². The van der Waals surface area contributed by atoms with Crippen LogP contribution in [0.4, 0.5) is 0 Å². The van der Waals surface area contributed by atoms with Crippen molar-refractivity contribution in [2.45, 2.75) is 6.92 Å². The summed E-state index contributed by atoms with van der Waals surface area (Å²) in [4.78, 5) is 11.4. The second-order valence-corrected chi connectivity index (χ2v) is 4.38. The molecule has 0 radical (unpaired) electrons. The zero-order valence-corrected chi connectivity index (χ0v) is 11.6. The number of benzene rings is 2. The molecule has 0 saturated heterocycles. The van der Waals surface area contributed by atoms with E-state index in [0.29, 0.717) is 11.1 Å². The minimum absolute atomic E-state index is 0.0420. The van der Waals surface area contributed by atoms with Crippen LogP contribution in [0, 0.1) is 0 Å². The van der Waals surface area contributed by atoms with E-state index in [1.54, 1.807) is 13.0 Å². The normalized spacial score (nSPS) is 10.7. The zero-order valence-electron chi connectivity index (χ0n) is 11.6. The van der Waals surface area contributed by atoms with Gasteiger partial charge in [-0.2, -0.15) is 0 Å². The summed E-state index contributed by atoms with van der Waals surface area (Å²) < 4.78 is 4.82. The summed E-state index contributed by atoms with van der Waals surface area (Å²) in [5.41, 5.74) is 1.91. The first-order chi connectivity index (χ1) is 10.1. The average Bonchev–Trinajstić information content (AvgIpc) is 2.47. The Labute approximate surface area is 122 Å². The lowest BCUT2D eigenvalue weighted by Gasteiger charge is -2.09. The molecule has 2 rings (SSSR count). The van der Waals surface area contributed by atoms with Gasteiger partial charge in [0.2, 0.25) is 0 Å². The molecule has 0 heterocycles. The van der Waals surface area contributed by atoms with E-state index in [0.717, 1.165) is 5.56 Å². The molecule has 2 aromatic carbocycles. The van der Waals surface area contributed by atoms with E-state index in [2.05, 4.69) is 0 Å². The van der Waals surface area contributed by atoms with Crippen molar-refractivity contribution in [1.29, 1.82) is 0 Å². The Kier molecular flexibility index (Phi) is 4.61. The smallest absolute Gasteiger partial charge is 0.330 e. The Balaban J connectivity index is 2.47. The summed E-state index contributed by atoms with van der Waals surface area (Å²) in [6.07, 6.45) is 2.73. The molecular formula is C17H16O4. The largest absolute Gasteiger partial charge is 0.508 e. The van der Waals surface area contributed by atoms with Gasteiger partial charge in [0.15, 0.2) is 0 Å². The number of hydrogen-bond acceptors (Lipinski definition) is 4. The van der Waals surface area contributed by atoms with Gasteiger partial charge in [0.25, 0.3) is 0 Å². The average molecular weight is 284 g/mol. The molecule has 0 aromatic heterocycles. The first kappa shape index (κ1) is 14.7. The molecule has 4 nitrogen and oxygen atoms in total. The third-order valence-electron chi connectivity index (χ3n) is 2.90. The maximum Gasteiger partial charge on any atom is 0.330 e. The van der Waals surface area contributed by atoms with E-state index in [1.165, 1.54) is 18.2 Å². The number of phenols is 2. The topological polar surface area (TPSA) is 66.8 Å². The molecule has 0 amide bonds. The predicted octanol–water partition coefficient (Wildman–Crippen LogP) is 3.34. The molecule has 0 saturated carbocycles. The Morgan fingerprint density at radius 1 is 1.19 bits per heavy atom. The van der Waals surface area contributed by atoms with Crippen molar-refractivity contribution in [2.75, 3.05) is 6.61 Å². The number of ether oxygens (including phenoxy) is 1. The number of carbonyl (C=O) groups excluding carboxylic acids is 1. The highest BCUT2D eigenvalue weighted by Gasteiger charge is 2.10. The predicted molar refractivity (Wildman–Crippen MR) is 80.9 cm³/mol. The molecule has 108 valence electrons. The summed E-state index contributed by atoms with van der Waals surface area (Å²) in [5, 5.41) is 19.7. The summed E-state index contributed by atoms with van der Waals surface area (Å²) >= 11 is 0. The second kappa shape index (κ2) is 6.61. The summed E-state index contributed by atoms with van der Waals surface area (Å²) in [7, 11) is 0. The summed E-state index contributed by atoms with van der Waals surface area (Å²) in [6, 6.07) is 12.1. The van der Waals surface area contributed by atoms with Crippen LogP contribution in [0.1, 0.15) is 12.5 Å². The van der Waals surface area contributed by atoms with Crippen LogP contribution in [0.15, 0.2) is 48.5 Å². The maximum absolute atomic E-state index is 11.4. The Hall–Kier alpha value is -2.75. The third-order valence-corrected chi connectivity index (χ3v) is 2.90. The number of hydrogen-bond donors (Lipinski definition) is 2. The van der Waals surface area contributed by atoms with Crippen LogP contribution in [0.3, 0.4) is 0 Å². The van der Waals surface area contributed by atoms with Crippen molar-refractivity contribution >= 4 is 12.0 Å². The molecule has 2 aromatic rings. The molecule has 0 atom stereocenters. The van der Waals surface area contributed by atoms with Crippen molar-refractivity contribution in [3.63, 3.8) is 0 Å². The Morgan fingerprint density at radius 2 is 1.90 bits per heavy atom. The summed E-state index contributed by atoms with van der Waals surface area (Å²) in [6.45, 7) is 2.01. The molecule has 0 fully saturated rings. The van der Waals surface area contributed by atoms with E-state index in [1.807, 2.05) is 30.3 Å². The molecule has 0 aliphatic heterocycles. The molecular weight excluding hydrogens is 268 g/mol. The quantitative estimate of drug-likeness (QED) is 0.667. The fourth-order valence-electron chi connectivity index (χ4n) is 2.00. The highest BCUT2D eigenvalue weighted by atomic mass is 16.5. The van der Waals surface area contributed by atoms with Crippen LogP contribution >= 0.6 is 0 Å². The molecule has 0 spiro atoms. The van der Waals surface area contributed by atoms with Gasteiger partial charge in [-0.1, -0.05) is 30.3 Å². The van der Waals surface area contributed by atoms with E-state index in [-0.39, 0.29) is 18.1 Å². The van der Waals surface area contributed by atoms with Gasteiger partial charge in [-0.05, 0) is 30.2 Å². The number of carbonyl (C=O) groups is 1.